The van der Waals surface area contributed by atoms with Gasteiger partial charge in [-0.15, -0.1) is 0 Å². The van der Waals surface area contributed by atoms with E-state index in [1.54, 1.807) is 0 Å². The summed E-state index contributed by atoms with van der Waals surface area (Å²) in [6, 6.07) is 0. The summed E-state index contributed by atoms with van der Waals surface area (Å²) in [6.07, 6.45) is 0. The van der Waals surface area contributed by atoms with E-state index in [1.807, 2.05) is 0 Å². The van der Waals surface area contributed by atoms with E-state index in [2.05, 4.69) is 45.6 Å². The largest absolute Gasteiger partial charge is 0.338 e. The molecule has 2 rings (SSSR count). The Labute approximate surface area is 107 Å². The number of halogens is 1. The highest BCUT2D eigenvalue weighted by Crippen LogP contribution is 2.17. The third-order valence-electron chi connectivity index (χ3n) is 2.92. The predicted octanol–water partition coefficient (Wildman–Crippen LogP) is 1.40. The molecule has 0 aromatic carbocycles. The molecule has 0 amide bonds. The first-order valence-corrected chi connectivity index (χ1v) is 6.29. The van der Waals surface area contributed by atoms with E-state index in [9.17, 15) is 0 Å². The first-order chi connectivity index (χ1) is 8.06. The van der Waals surface area contributed by atoms with Gasteiger partial charge in [-0.25, -0.2) is 4.98 Å². The lowest BCUT2D eigenvalue weighted by molar-refractivity contribution is 0.311. The normalized spacial score (nSPS) is 17.8. The van der Waals surface area contributed by atoms with Crippen molar-refractivity contribution < 1.29 is 0 Å². The van der Waals surface area contributed by atoms with E-state index in [1.165, 1.54) is 0 Å². The van der Waals surface area contributed by atoms with Gasteiger partial charge >= 0.3 is 0 Å². The minimum atomic E-state index is 0.265. The fourth-order valence-electron chi connectivity index (χ4n) is 1.76. The first kappa shape index (κ1) is 12.5. The highest BCUT2D eigenvalue weighted by molar-refractivity contribution is 6.28. The van der Waals surface area contributed by atoms with Crippen LogP contribution < -0.4 is 4.90 Å². The zero-order valence-corrected chi connectivity index (χ0v) is 11.3. The van der Waals surface area contributed by atoms with E-state index < -0.39 is 0 Å². The van der Waals surface area contributed by atoms with Crippen molar-refractivity contribution in [3.05, 3.63) is 11.1 Å². The lowest BCUT2D eigenvalue weighted by atomic mass is 10.2. The van der Waals surface area contributed by atoms with Crippen molar-refractivity contribution in [2.24, 2.45) is 0 Å². The third kappa shape index (κ3) is 3.04. The van der Waals surface area contributed by atoms with Gasteiger partial charge in [0.1, 0.15) is 5.82 Å². The molecule has 5 nitrogen and oxygen atoms in total. The van der Waals surface area contributed by atoms with E-state index in [-0.39, 0.29) is 11.2 Å². The maximum Gasteiger partial charge on any atom is 0.230 e. The second-order valence-corrected chi connectivity index (χ2v) is 5.05. The number of rotatable bonds is 2. The second kappa shape index (κ2) is 5.14. The molecule has 1 aromatic heterocycles. The second-order valence-electron chi connectivity index (χ2n) is 4.71. The van der Waals surface area contributed by atoms with Crippen LogP contribution in [0, 0.1) is 0 Å². The molecule has 17 heavy (non-hydrogen) atoms. The number of hydrogen-bond acceptors (Lipinski definition) is 5. The molecule has 0 unspecified atom stereocenters. The number of piperazine rings is 1. The molecular formula is C11H18ClN5. The Bertz CT molecular complexity index is 387. The fraction of sp³-hybridized carbons (Fsp3) is 0.727. The Morgan fingerprint density at radius 2 is 1.71 bits per heavy atom. The Morgan fingerprint density at radius 3 is 2.29 bits per heavy atom. The molecule has 0 radical (unpaired) electrons. The van der Waals surface area contributed by atoms with Gasteiger partial charge in [0, 0.05) is 32.1 Å². The Morgan fingerprint density at radius 1 is 1.06 bits per heavy atom. The number of likely N-dealkylation sites (N-methyl/N-ethyl adjacent to an activating group) is 1. The first-order valence-electron chi connectivity index (χ1n) is 5.91. The van der Waals surface area contributed by atoms with Gasteiger partial charge in [0.25, 0.3) is 0 Å². The van der Waals surface area contributed by atoms with Crippen LogP contribution >= 0.6 is 11.6 Å². The summed E-state index contributed by atoms with van der Waals surface area (Å²) in [4.78, 5) is 17.3. The van der Waals surface area contributed by atoms with Crippen molar-refractivity contribution in [3.63, 3.8) is 0 Å². The van der Waals surface area contributed by atoms with Crippen LogP contribution in [0.5, 0.6) is 0 Å². The topological polar surface area (TPSA) is 45.2 Å². The van der Waals surface area contributed by atoms with Crippen LogP contribution in [0.15, 0.2) is 0 Å². The van der Waals surface area contributed by atoms with Crippen LogP contribution in [0.3, 0.4) is 0 Å². The quantitative estimate of drug-likeness (QED) is 0.799. The molecule has 0 spiro atoms. The molecule has 6 heteroatoms. The van der Waals surface area contributed by atoms with E-state index in [0.717, 1.165) is 32.0 Å². The van der Waals surface area contributed by atoms with Crippen molar-refractivity contribution in [2.75, 3.05) is 38.1 Å². The molecule has 1 aliphatic heterocycles. The molecule has 0 N–H and O–H groups in total. The third-order valence-corrected chi connectivity index (χ3v) is 3.09. The van der Waals surface area contributed by atoms with Crippen LogP contribution in [-0.4, -0.2) is 53.1 Å². The summed E-state index contributed by atoms with van der Waals surface area (Å²) in [7, 11) is 2.12. The maximum atomic E-state index is 5.94. The molecule has 0 saturated carbocycles. The molecule has 2 heterocycles. The lowest BCUT2D eigenvalue weighted by Crippen LogP contribution is -2.45. The van der Waals surface area contributed by atoms with Crippen molar-refractivity contribution in [1.82, 2.24) is 19.9 Å². The minimum Gasteiger partial charge on any atom is -0.338 e. The van der Waals surface area contributed by atoms with E-state index in [4.69, 9.17) is 11.6 Å². The number of anilines is 1. The molecule has 1 fully saturated rings. The van der Waals surface area contributed by atoms with Gasteiger partial charge in [0.15, 0.2) is 0 Å². The molecule has 0 aliphatic carbocycles. The summed E-state index contributed by atoms with van der Waals surface area (Å²) in [5, 5.41) is 0.289. The number of hydrogen-bond donors (Lipinski definition) is 0. The molecule has 0 atom stereocenters. The van der Waals surface area contributed by atoms with Gasteiger partial charge in [-0.2, -0.15) is 9.97 Å². The van der Waals surface area contributed by atoms with Crippen LogP contribution in [0.4, 0.5) is 5.95 Å². The fourth-order valence-corrected chi connectivity index (χ4v) is 1.92. The number of aromatic nitrogens is 3. The molecule has 1 saturated heterocycles. The Balaban J connectivity index is 2.20. The Hall–Kier alpha value is -0.940. The number of nitrogens with zero attached hydrogens (tertiary/aromatic N) is 5. The summed E-state index contributed by atoms with van der Waals surface area (Å²) < 4.78 is 0. The van der Waals surface area contributed by atoms with Crippen molar-refractivity contribution in [3.8, 4) is 0 Å². The average molecular weight is 256 g/mol. The van der Waals surface area contributed by atoms with Gasteiger partial charge in [-0.1, -0.05) is 13.8 Å². The smallest absolute Gasteiger partial charge is 0.230 e. The SMILES string of the molecule is CC(C)c1nc(Cl)nc(N2CCN(C)CC2)n1. The van der Waals surface area contributed by atoms with Gasteiger partial charge < -0.3 is 9.80 Å². The van der Waals surface area contributed by atoms with E-state index >= 15 is 0 Å². The van der Waals surface area contributed by atoms with Crippen LogP contribution in [-0.2, 0) is 0 Å². The van der Waals surface area contributed by atoms with Gasteiger partial charge in [-0.3, -0.25) is 0 Å². The molecule has 1 aromatic rings. The predicted molar refractivity (Wildman–Crippen MR) is 68.6 cm³/mol. The van der Waals surface area contributed by atoms with Crippen molar-refractivity contribution >= 4 is 17.5 Å². The van der Waals surface area contributed by atoms with E-state index in [0.29, 0.717) is 5.95 Å². The van der Waals surface area contributed by atoms with Gasteiger partial charge in [0.05, 0.1) is 0 Å². The summed E-state index contributed by atoms with van der Waals surface area (Å²) >= 11 is 5.94. The summed E-state index contributed by atoms with van der Waals surface area (Å²) in [6.45, 7) is 8.04. The standard InChI is InChI=1S/C11H18ClN5/c1-8(2)9-13-10(12)15-11(14-9)17-6-4-16(3)5-7-17/h8H,4-7H2,1-3H3. The average Bonchev–Trinajstić information content (AvgIpc) is 2.29. The Kier molecular flexibility index (Phi) is 3.79. The zero-order chi connectivity index (χ0) is 12.4. The van der Waals surface area contributed by atoms with Gasteiger partial charge in [0.2, 0.25) is 11.2 Å². The molecule has 94 valence electrons. The minimum absolute atomic E-state index is 0.265. The molecule has 1 aliphatic rings. The molecular weight excluding hydrogens is 238 g/mol. The van der Waals surface area contributed by atoms with Crippen LogP contribution in [0.1, 0.15) is 25.6 Å². The molecule has 0 bridgehead atoms. The van der Waals surface area contributed by atoms with Crippen molar-refractivity contribution in [1.29, 1.82) is 0 Å². The van der Waals surface area contributed by atoms with Crippen LogP contribution in [0.25, 0.3) is 0 Å². The lowest BCUT2D eigenvalue weighted by Gasteiger charge is -2.32. The zero-order valence-electron chi connectivity index (χ0n) is 10.5. The highest BCUT2D eigenvalue weighted by Gasteiger charge is 2.18. The van der Waals surface area contributed by atoms with Gasteiger partial charge in [-0.05, 0) is 18.6 Å². The summed E-state index contributed by atoms with van der Waals surface area (Å²) in [5.41, 5.74) is 0. The highest BCUT2D eigenvalue weighted by atomic mass is 35.5. The summed E-state index contributed by atoms with van der Waals surface area (Å²) in [5.74, 6) is 1.74. The van der Waals surface area contributed by atoms with Crippen molar-refractivity contribution in [2.45, 2.75) is 19.8 Å². The monoisotopic (exact) mass is 255 g/mol. The van der Waals surface area contributed by atoms with Crippen LogP contribution in [0.2, 0.25) is 5.28 Å². The maximum absolute atomic E-state index is 5.94.